The van der Waals surface area contributed by atoms with Crippen molar-refractivity contribution in [1.29, 1.82) is 0 Å². The van der Waals surface area contributed by atoms with Crippen molar-refractivity contribution >= 4 is 23.3 Å². The Hall–Kier alpha value is -1.64. The molecule has 8 heteroatoms. The average Bonchev–Trinajstić information content (AvgIpc) is 3.16. The van der Waals surface area contributed by atoms with Gasteiger partial charge in [-0.3, -0.25) is 19.2 Å². The maximum atomic E-state index is 13.6. The number of aliphatic hydroxyl groups is 3. The van der Waals surface area contributed by atoms with E-state index >= 15 is 0 Å². The lowest BCUT2D eigenvalue weighted by molar-refractivity contribution is -0.249. The molecule has 0 bridgehead atoms. The van der Waals surface area contributed by atoms with Gasteiger partial charge in [0.25, 0.3) is 0 Å². The fraction of sp³-hybridized carbons (Fsp3) is 0.867. The second-order valence-electron chi connectivity index (χ2n) is 13.7. The summed E-state index contributed by atoms with van der Waals surface area (Å²) in [5.41, 5.74) is 2.20. The Morgan fingerprint density at radius 2 is 1.47 bits per heavy atom. The van der Waals surface area contributed by atoms with Gasteiger partial charge in [-0.1, -0.05) is 20.8 Å². The van der Waals surface area contributed by atoms with Crippen molar-refractivity contribution in [2.75, 3.05) is 0 Å². The molecule has 4 aliphatic rings. The minimum absolute atomic E-state index is 0.0377. The molecule has 4 saturated carbocycles. The lowest BCUT2D eigenvalue weighted by atomic mass is 9.34. The molecule has 0 aromatic heterocycles. The molecule has 214 valence electrons. The van der Waals surface area contributed by atoms with Gasteiger partial charge in [-0.15, -0.1) is 0 Å². The number of nitrogens with two attached hydrogens (primary N) is 1. The normalized spacial score (nSPS) is 46.3. The molecule has 0 spiro atoms. The zero-order valence-corrected chi connectivity index (χ0v) is 23.8. The van der Waals surface area contributed by atoms with Crippen LogP contribution >= 0.6 is 0 Å². The molecular formula is C30H47NO7. The predicted molar refractivity (Wildman–Crippen MR) is 140 cm³/mol. The van der Waals surface area contributed by atoms with Crippen LogP contribution in [0.4, 0.5) is 0 Å². The summed E-state index contributed by atoms with van der Waals surface area (Å²) >= 11 is 0. The van der Waals surface area contributed by atoms with Gasteiger partial charge in [0.15, 0.2) is 0 Å². The topological polar surface area (TPSA) is 155 Å². The molecule has 0 heterocycles. The second-order valence-corrected chi connectivity index (χ2v) is 13.7. The molecule has 38 heavy (non-hydrogen) atoms. The Morgan fingerprint density at radius 1 is 0.895 bits per heavy atom. The van der Waals surface area contributed by atoms with E-state index in [2.05, 4.69) is 13.8 Å². The second kappa shape index (κ2) is 9.77. The zero-order valence-electron chi connectivity index (χ0n) is 23.8. The third kappa shape index (κ3) is 3.72. The van der Waals surface area contributed by atoms with Crippen molar-refractivity contribution < 1.29 is 34.5 Å². The van der Waals surface area contributed by atoms with E-state index in [0.717, 1.165) is 12.8 Å². The molecule has 1 amide bonds. The average molecular weight is 534 g/mol. The largest absolute Gasteiger partial charge is 0.393 e. The first-order chi connectivity index (χ1) is 17.6. The van der Waals surface area contributed by atoms with E-state index in [1.54, 1.807) is 0 Å². The molecule has 4 rings (SSSR count). The van der Waals surface area contributed by atoms with Crippen LogP contribution in [0.1, 0.15) is 86.5 Å². The number of Topliss-reactive ketones (excluding diaryl/α,β-unsaturated/α-hetero) is 3. The highest BCUT2D eigenvalue weighted by Crippen LogP contribution is 2.72. The van der Waals surface area contributed by atoms with Crippen LogP contribution in [0.15, 0.2) is 0 Å². The molecule has 0 aromatic carbocycles. The number of carbonyl (C=O) groups is 4. The number of amides is 1. The maximum absolute atomic E-state index is 13.6. The first-order valence-corrected chi connectivity index (χ1v) is 14.4. The highest BCUT2D eigenvalue weighted by Gasteiger charge is 2.75. The van der Waals surface area contributed by atoms with Gasteiger partial charge in [-0.05, 0) is 106 Å². The highest BCUT2D eigenvalue weighted by atomic mass is 16.3. The number of fused-ring (bicyclic) bond motifs is 5. The Balaban J connectivity index is 1.83. The van der Waals surface area contributed by atoms with Crippen molar-refractivity contribution in [2.24, 2.45) is 63.4 Å². The Bertz CT molecular complexity index is 997. The fourth-order valence-electron chi connectivity index (χ4n) is 11.0. The molecule has 12 atom stereocenters. The molecule has 5 N–H and O–H groups in total. The third-order valence-corrected chi connectivity index (χ3v) is 12.4. The number of hydrogen-bond acceptors (Lipinski definition) is 7. The summed E-state index contributed by atoms with van der Waals surface area (Å²) in [7, 11) is 0. The summed E-state index contributed by atoms with van der Waals surface area (Å²) in [6.07, 6.45) is 0.870. The van der Waals surface area contributed by atoms with Crippen molar-refractivity contribution in [3.63, 3.8) is 0 Å². The first kappa shape index (κ1) is 29.3. The van der Waals surface area contributed by atoms with Crippen LogP contribution in [-0.4, -0.2) is 56.9 Å². The quantitative estimate of drug-likeness (QED) is 0.366. The molecule has 4 aliphatic carbocycles. The summed E-state index contributed by atoms with van der Waals surface area (Å²) in [5.74, 6) is -3.41. The molecule has 12 unspecified atom stereocenters. The van der Waals surface area contributed by atoms with Gasteiger partial charge in [0, 0.05) is 6.42 Å². The van der Waals surface area contributed by atoms with Crippen LogP contribution in [0, 0.1) is 57.7 Å². The zero-order chi connectivity index (χ0) is 28.5. The van der Waals surface area contributed by atoms with Gasteiger partial charge in [0.1, 0.15) is 22.8 Å². The van der Waals surface area contributed by atoms with Crippen LogP contribution in [0.5, 0.6) is 0 Å². The molecule has 0 aliphatic heterocycles. The van der Waals surface area contributed by atoms with Crippen molar-refractivity contribution in [3.05, 3.63) is 0 Å². The van der Waals surface area contributed by atoms with E-state index in [-0.39, 0.29) is 60.0 Å². The van der Waals surface area contributed by atoms with E-state index in [0.29, 0.717) is 19.3 Å². The lowest BCUT2D eigenvalue weighted by Crippen LogP contribution is -2.73. The van der Waals surface area contributed by atoms with Gasteiger partial charge in [-0.2, -0.15) is 0 Å². The number of rotatable bonds is 7. The van der Waals surface area contributed by atoms with Crippen molar-refractivity contribution in [1.82, 2.24) is 0 Å². The highest BCUT2D eigenvalue weighted by molar-refractivity contribution is 6.10. The number of ketones is 3. The SMILES string of the molecule is CC(=O)C1C(O)CC2CC(O)C3C4CCC(C(C)CCC(N)=O)C4(C)C(O)CC3C2(C)C1(C(C)=O)C(C)=O. The first-order valence-electron chi connectivity index (χ1n) is 14.4. The molecule has 0 saturated heterocycles. The molecule has 0 aromatic rings. The van der Waals surface area contributed by atoms with E-state index in [4.69, 9.17) is 5.73 Å². The summed E-state index contributed by atoms with van der Waals surface area (Å²) in [6.45, 7) is 10.2. The van der Waals surface area contributed by atoms with Crippen LogP contribution in [0.3, 0.4) is 0 Å². The number of hydrogen-bond donors (Lipinski definition) is 4. The monoisotopic (exact) mass is 533 g/mol. The van der Waals surface area contributed by atoms with Gasteiger partial charge >= 0.3 is 0 Å². The Labute approximate surface area is 226 Å². The molecular weight excluding hydrogens is 486 g/mol. The van der Waals surface area contributed by atoms with E-state index in [9.17, 15) is 34.5 Å². The lowest BCUT2D eigenvalue weighted by Gasteiger charge is -2.69. The summed E-state index contributed by atoms with van der Waals surface area (Å²) in [5, 5.41) is 34.7. The molecule has 0 radical (unpaired) electrons. The van der Waals surface area contributed by atoms with Crippen LogP contribution in [0.2, 0.25) is 0 Å². The Morgan fingerprint density at radius 3 is 2.00 bits per heavy atom. The third-order valence-electron chi connectivity index (χ3n) is 12.4. The van der Waals surface area contributed by atoms with E-state index in [1.165, 1.54) is 20.8 Å². The van der Waals surface area contributed by atoms with Crippen LogP contribution in [0.25, 0.3) is 0 Å². The number of carbonyl (C=O) groups excluding carboxylic acids is 4. The standard InChI is InChI=1S/C30H47NO7/c1-14(7-10-25(31)38)19-8-9-20-26-21(13-24(37)28(19,20)5)29(6)18(11-22(26)35)12-23(36)27(15(2)32)30(29,16(3)33)17(4)34/h14,18-24,26-27,35-37H,7-13H2,1-6H3,(H2,31,38). The number of primary amides is 1. The van der Waals surface area contributed by atoms with E-state index in [1.807, 2.05) is 6.92 Å². The smallest absolute Gasteiger partial charge is 0.217 e. The predicted octanol–water partition coefficient (Wildman–Crippen LogP) is 2.44. The fourth-order valence-corrected chi connectivity index (χ4v) is 11.0. The molecule has 8 nitrogen and oxygen atoms in total. The van der Waals surface area contributed by atoms with Crippen molar-refractivity contribution in [3.8, 4) is 0 Å². The number of aliphatic hydroxyl groups excluding tert-OH is 3. The van der Waals surface area contributed by atoms with Gasteiger partial charge in [-0.25, -0.2) is 0 Å². The van der Waals surface area contributed by atoms with Gasteiger partial charge in [0.05, 0.1) is 24.2 Å². The van der Waals surface area contributed by atoms with Crippen LogP contribution in [-0.2, 0) is 19.2 Å². The van der Waals surface area contributed by atoms with Gasteiger partial charge in [0.2, 0.25) is 5.91 Å². The van der Waals surface area contributed by atoms with E-state index < -0.39 is 52.0 Å². The minimum atomic E-state index is -1.72. The Kier molecular flexibility index (Phi) is 7.55. The minimum Gasteiger partial charge on any atom is -0.393 e. The summed E-state index contributed by atoms with van der Waals surface area (Å²) in [4.78, 5) is 51.7. The van der Waals surface area contributed by atoms with Gasteiger partial charge < -0.3 is 21.1 Å². The van der Waals surface area contributed by atoms with Crippen LogP contribution < -0.4 is 5.73 Å². The van der Waals surface area contributed by atoms with Crippen molar-refractivity contribution in [2.45, 2.75) is 105 Å². The summed E-state index contributed by atoms with van der Waals surface area (Å²) < 4.78 is 0. The molecule has 4 fully saturated rings. The maximum Gasteiger partial charge on any atom is 0.217 e. The summed E-state index contributed by atoms with van der Waals surface area (Å²) in [6, 6.07) is 0.